The van der Waals surface area contributed by atoms with Crippen LogP contribution < -0.4 is 0 Å². The molecule has 340 valence electrons. The molecule has 1 rings (SSSR count). The number of ether oxygens (including phenoxy) is 4. The molecule has 4 N–H and O–H groups in total. The Balaban J connectivity index is 2.49. The Kier molecular flexibility index (Phi) is 33.2. The van der Waals surface area contributed by atoms with Gasteiger partial charge in [-0.1, -0.05) is 132 Å². The number of allylic oxidation sites excluding steroid dienone is 10. The van der Waals surface area contributed by atoms with E-state index < -0.39 is 71.2 Å². The minimum Gasteiger partial charge on any atom is -0.462 e. The SMILES string of the molecule is CCC/C=C/C/C=C/C/C=C/C/C=C/CCCCCC(=O)OC[C@H](CO[C@H]1O[C@H](CS(=O)(=O)O)[C@@H](O)C(O)C1O)OC(=O)CCCCCCC/C=C/CCCCCCC. The summed E-state index contributed by atoms with van der Waals surface area (Å²) in [6.45, 7) is 3.63. The lowest BCUT2D eigenvalue weighted by Gasteiger charge is -2.40. The Labute approximate surface area is 355 Å². The van der Waals surface area contributed by atoms with Crippen LogP contribution in [-0.4, -0.2) is 96.0 Å². The summed E-state index contributed by atoms with van der Waals surface area (Å²) in [5, 5.41) is 30.9. The van der Waals surface area contributed by atoms with Gasteiger partial charge in [0.05, 0.1) is 6.61 Å². The lowest BCUT2D eigenvalue weighted by Crippen LogP contribution is -2.60. The van der Waals surface area contributed by atoms with Crippen LogP contribution in [-0.2, 0) is 38.7 Å². The van der Waals surface area contributed by atoms with Crippen molar-refractivity contribution in [1.29, 1.82) is 0 Å². The van der Waals surface area contributed by atoms with Crippen LogP contribution in [0.1, 0.15) is 162 Å². The van der Waals surface area contributed by atoms with Crippen molar-refractivity contribution < 1.29 is 56.8 Å². The van der Waals surface area contributed by atoms with Gasteiger partial charge in [-0.05, 0) is 77.0 Å². The van der Waals surface area contributed by atoms with Gasteiger partial charge < -0.3 is 34.3 Å². The Hall–Kier alpha value is -2.65. The molecule has 0 amide bonds. The molecule has 1 aliphatic rings. The zero-order valence-electron chi connectivity index (χ0n) is 36.1. The fourth-order valence-electron chi connectivity index (χ4n) is 6.31. The lowest BCUT2D eigenvalue weighted by atomic mass is 10.00. The standard InChI is InChI=1S/C46H78O12S/c1-3-5-7-9-11-13-15-17-19-20-21-23-24-26-28-30-32-34-41(47)55-36-39(37-56-46-45(51)44(50)43(49)40(58-46)38-59(52,53)54)57-42(48)35-33-31-29-27-25-22-18-16-14-12-10-8-6-4-2/h7,9,13,15-16,18-20,23-24,39-40,43-46,49-51H,3-6,8,10-12,14,17,21-22,25-38H2,1-2H3,(H,52,53,54)/b9-7+,15-13+,18-16+,20-19+,24-23+/t39-,40-,43-,44?,45?,46+/m1/s1. The molecule has 0 aromatic carbocycles. The highest BCUT2D eigenvalue weighted by Crippen LogP contribution is 2.24. The molecule has 13 heteroatoms. The van der Waals surface area contributed by atoms with Crippen LogP contribution in [0.2, 0.25) is 0 Å². The molecule has 0 spiro atoms. The molecule has 0 aliphatic carbocycles. The maximum atomic E-state index is 12.8. The van der Waals surface area contributed by atoms with Gasteiger partial charge in [-0.15, -0.1) is 0 Å². The Bertz CT molecular complexity index is 1320. The van der Waals surface area contributed by atoms with E-state index in [1.807, 2.05) is 0 Å². The Morgan fingerprint density at radius 3 is 1.61 bits per heavy atom. The van der Waals surface area contributed by atoms with Gasteiger partial charge in [-0.2, -0.15) is 8.42 Å². The maximum absolute atomic E-state index is 12.8. The van der Waals surface area contributed by atoms with Crippen molar-refractivity contribution in [2.45, 2.75) is 198 Å². The molecular formula is C46H78O12S. The van der Waals surface area contributed by atoms with Gasteiger partial charge >= 0.3 is 11.9 Å². The van der Waals surface area contributed by atoms with E-state index in [0.717, 1.165) is 83.5 Å². The van der Waals surface area contributed by atoms with E-state index in [0.29, 0.717) is 12.8 Å². The second kappa shape index (κ2) is 36.0. The monoisotopic (exact) mass is 855 g/mol. The zero-order chi connectivity index (χ0) is 43.4. The highest BCUT2D eigenvalue weighted by molar-refractivity contribution is 7.85. The Morgan fingerprint density at radius 1 is 0.576 bits per heavy atom. The number of esters is 2. The lowest BCUT2D eigenvalue weighted by molar-refractivity contribution is -0.297. The van der Waals surface area contributed by atoms with Gasteiger partial charge in [0, 0.05) is 12.8 Å². The minimum atomic E-state index is -4.61. The summed E-state index contributed by atoms with van der Waals surface area (Å²) in [7, 11) is -4.61. The number of rotatable bonds is 36. The number of carbonyl (C=O) groups is 2. The molecule has 0 radical (unpaired) electrons. The fourth-order valence-corrected chi connectivity index (χ4v) is 7.00. The van der Waals surface area contributed by atoms with E-state index in [4.69, 9.17) is 18.9 Å². The fraction of sp³-hybridized carbons (Fsp3) is 0.739. The predicted octanol–water partition coefficient (Wildman–Crippen LogP) is 8.95. The summed E-state index contributed by atoms with van der Waals surface area (Å²) in [5.41, 5.74) is 0. The molecule has 0 saturated carbocycles. The van der Waals surface area contributed by atoms with Crippen molar-refractivity contribution in [2.24, 2.45) is 0 Å². The first-order valence-corrected chi connectivity index (χ1v) is 24.0. The molecule has 6 atom stereocenters. The molecule has 0 aromatic rings. The number of hydrogen-bond donors (Lipinski definition) is 4. The summed E-state index contributed by atoms with van der Waals surface area (Å²) in [4.78, 5) is 25.4. The molecule has 2 unspecified atom stereocenters. The number of carbonyl (C=O) groups excluding carboxylic acids is 2. The van der Waals surface area contributed by atoms with Crippen LogP contribution in [0.25, 0.3) is 0 Å². The minimum absolute atomic E-state index is 0.144. The summed E-state index contributed by atoms with van der Waals surface area (Å²) in [6.07, 6.45) is 34.0. The average molecular weight is 855 g/mol. The first-order valence-electron chi connectivity index (χ1n) is 22.3. The van der Waals surface area contributed by atoms with Crippen molar-refractivity contribution in [2.75, 3.05) is 19.0 Å². The van der Waals surface area contributed by atoms with Crippen molar-refractivity contribution in [3.05, 3.63) is 60.8 Å². The van der Waals surface area contributed by atoms with Gasteiger partial charge in [0.1, 0.15) is 36.8 Å². The van der Waals surface area contributed by atoms with E-state index in [9.17, 15) is 37.9 Å². The summed E-state index contributed by atoms with van der Waals surface area (Å²) >= 11 is 0. The van der Waals surface area contributed by atoms with Gasteiger partial charge in [-0.25, -0.2) is 0 Å². The molecule has 0 aromatic heterocycles. The topological polar surface area (TPSA) is 186 Å². The van der Waals surface area contributed by atoms with E-state index in [2.05, 4.69) is 74.6 Å². The van der Waals surface area contributed by atoms with E-state index in [1.54, 1.807) is 0 Å². The second-order valence-corrected chi connectivity index (χ2v) is 16.9. The molecule has 1 aliphatic heterocycles. The van der Waals surface area contributed by atoms with Crippen molar-refractivity contribution in [3.8, 4) is 0 Å². The quantitative estimate of drug-likeness (QED) is 0.0203. The predicted molar refractivity (Wildman–Crippen MR) is 233 cm³/mol. The number of aliphatic hydroxyl groups is 3. The average Bonchev–Trinajstić information content (AvgIpc) is 3.20. The van der Waals surface area contributed by atoms with Gasteiger partial charge in [0.25, 0.3) is 10.1 Å². The van der Waals surface area contributed by atoms with Crippen molar-refractivity contribution >= 4 is 22.1 Å². The smallest absolute Gasteiger partial charge is 0.306 e. The van der Waals surface area contributed by atoms with Gasteiger partial charge in [0.15, 0.2) is 12.4 Å². The van der Waals surface area contributed by atoms with E-state index in [1.165, 1.54) is 38.5 Å². The molecular weight excluding hydrogens is 777 g/mol. The third kappa shape index (κ3) is 30.9. The highest BCUT2D eigenvalue weighted by atomic mass is 32.2. The van der Waals surface area contributed by atoms with E-state index >= 15 is 0 Å². The summed E-state index contributed by atoms with van der Waals surface area (Å²) in [5.74, 6) is -2.04. The molecule has 1 fully saturated rings. The number of hydrogen-bond acceptors (Lipinski definition) is 11. The van der Waals surface area contributed by atoms with Gasteiger partial charge in [-0.3, -0.25) is 14.1 Å². The van der Waals surface area contributed by atoms with Gasteiger partial charge in [0.2, 0.25) is 0 Å². The van der Waals surface area contributed by atoms with Crippen molar-refractivity contribution in [3.63, 3.8) is 0 Å². The largest absolute Gasteiger partial charge is 0.462 e. The van der Waals surface area contributed by atoms with Crippen LogP contribution in [0.15, 0.2) is 60.8 Å². The second-order valence-electron chi connectivity index (χ2n) is 15.4. The highest BCUT2D eigenvalue weighted by Gasteiger charge is 2.46. The molecule has 1 saturated heterocycles. The third-order valence-electron chi connectivity index (χ3n) is 9.80. The zero-order valence-corrected chi connectivity index (χ0v) is 36.9. The third-order valence-corrected chi connectivity index (χ3v) is 10.6. The number of aliphatic hydroxyl groups excluding tert-OH is 3. The normalized spacial score (nSPS) is 20.8. The van der Waals surface area contributed by atoms with Crippen LogP contribution in [0, 0.1) is 0 Å². The maximum Gasteiger partial charge on any atom is 0.306 e. The van der Waals surface area contributed by atoms with Crippen LogP contribution in [0.4, 0.5) is 0 Å². The summed E-state index contributed by atoms with van der Waals surface area (Å²) in [6, 6.07) is 0. The number of unbranched alkanes of at least 4 members (excludes halogenated alkanes) is 14. The molecule has 0 bridgehead atoms. The summed E-state index contributed by atoms with van der Waals surface area (Å²) < 4.78 is 54.0. The Morgan fingerprint density at radius 2 is 1.05 bits per heavy atom. The molecule has 1 heterocycles. The van der Waals surface area contributed by atoms with Crippen LogP contribution in [0.5, 0.6) is 0 Å². The first-order chi connectivity index (χ1) is 28.5. The molecule has 59 heavy (non-hydrogen) atoms. The van der Waals surface area contributed by atoms with Crippen LogP contribution >= 0.6 is 0 Å². The molecule has 12 nitrogen and oxygen atoms in total. The van der Waals surface area contributed by atoms with Crippen LogP contribution in [0.3, 0.4) is 0 Å². The van der Waals surface area contributed by atoms with Crippen molar-refractivity contribution in [1.82, 2.24) is 0 Å². The van der Waals surface area contributed by atoms with E-state index in [-0.39, 0.29) is 19.4 Å². The first kappa shape index (κ1) is 54.4.